The monoisotopic (exact) mass is 381 g/mol. The fraction of sp³-hybridized carbons (Fsp3) is 0.200. The maximum Gasteiger partial charge on any atom is 0.224 e. The second-order valence-electron chi connectivity index (χ2n) is 6.04. The van der Waals surface area contributed by atoms with Crippen LogP contribution in [-0.4, -0.2) is 27.0 Å². The molecule has 6 nitrogen and oxygen atoms in total. The number of nitrogens with zero attached hydrogens (tertiary/aromatic N) is 2. The first-order chi connectivity index (χ1) is 13.2. The molecule has 1 heterocycles. The Bertz CT molecular complexity index is 888. The lowest BCUT2D eigenvalue weighted by atomic mass is 10.1. The summed E-state index contributed by atoms with van der Waals surface area (Å²) in [6, 6.07) is 20.0. The van der Waals surface area contributed by atoms with E-state index in [1.165, 1.54) is 5.56 Å². The van der Waals surface area contributed by atoms with Gasteiger partial charge in [-0.15, -0.1) is 0 Å². The average molecular weight is 382 g/mol. The predicted molar refractivity (Wildman–Crippen MR) is 112 cm³/mol. The van der Waals surface area contributed by atoms with Crippen molar-refractivity contribution in [2.45, 2.75) is 13.0 Å². The Balaban J connectivity index is 1.52. The van der Waals surface area contributed by atoms with Crippen LogP contribution in [-0.2, 0) is 24.0 Å². The molecule has 0 aliphatic carbocycles. The van der Waals surface area contributed by atoms with Gasteiger partial charge in [0.05, 0.1) is 0 Å². The van der Waals surface area contributed by atoms with Crippen LogP contribution < -0.4 is 15.4 Å². The Kier molecular flexibility index (Phi) is 6.76. The van der Waals surface area contributed by atoms with Crippen LogP contribution in [0.25, 0.3) is 0 Å². The number of anilines is 3. The zero-order chi connectivity index (χ0) is 18.9. The van der Waals surface area contributed by atoms with Crippen molar-refractivity contribution in [3.8, 4) is 0 Å². The van der Waals surface area contributed by atoms with E-state index in [1.807, 2.05) is 48.5 Å². The van der Waals surface area contributed by atoms with Crippen molar-refractivity contribution in [3.05, 3.63) is 78.0 Å². The van der Waals surface area contributed by atoms with Crippen molar-refractivity contribution < 1.29 is 4.21 Å². The number of aromatic nitrogens is 2. The van der Waals surface area contributed by atoms with Crippen molar-refractivity contribution in [2.24, 2.45) is 0 Å². The molecular weight excluding hydrogens is 358 g/mol. The molecule has 27 heavy (non-hydrogen) atoms. The molecule has 0 aliphatic rings. The summed E-state index contributed by atoms with van der Waals surface area (Å²) in [5.41, 5.74) is 3.18. The molecule has 2 aromatic carbocycles. The van der Waals surface area contributed by atoms with E-state index in [-0.39, 0.29) is 0 Å². The third kappa shape index (κ3) is 6.38. The van der Waals surface area contributed by atoms with Gasteiger partial charge in [0, 0.05) is 31.2 Å². The largest absolute Gasteiger partial charge is 0.366 e. The Morgan fingerprint density at radius 3 is 2.59 bits per heavy atom. The van der Waals surface area contributed by atoms with E-state index in [2.05, 4.69) is 37.5 Å². The van der Waals surface area contributed by atoms with Gasteiger partial charge >= 0.3 is 0 Å². The molecule has 0 saturated carbocycles. The summed E-state index contributed by atoms with van der Waals surface area (Å²) in [5, 5.41) is 6.55. The van der Waals surface area contributed by atoms with E-state index in [0.717, 1.165) is 30.0 Å². The number of hydrogen-bond donors (Lipinski definition) is 3. The van der Waals surface area contributed by atoms with Crippen LogP contribution in [0.5, 0.6) is 0 Å². The summed E-state index contributed by atoms with van der Waals surface area (Å²) in [4.78, 5) is 8.76. The lowest BCUT2D eigenvalue weighted by Crippen LogP contribution is -2.09. The molecule has 3 rings (SSSR count). The summed E-state index contributed by atoms with van der Waals surface area (Å²) in [6.45, 7) is 1.39. The third-order valence-corrected chi connectivity index (χ3v) is 4.38. The Labute approximate surface area is 162 Å². The number of benzene rings is 2. The van der Waals surface area contributed by atoms with Crippen LogP contribution in [0.1, 0.15) is 11.1 Å². The van der Waals surface area contributed by atoms with Gasteiger partial charge in [0.1, 0.15) is 16.8 Å². The number of hydrogen-bond acceptors (Lipinski definition) is 5. The molecule has 1 atom stereocenters. The Morgan fingerprint density at radius 1 is 0.963 bits per heavy atom. The molecule has 1 aromatic heterocycles. The lowest BCUT2D eigenvalue weighted by molar-refractivity contribution is 0.690. The topological polar surface area (TPSA) is 78.9 Å². The van der Waals surface area contributed by atoms with Gasteiger partial charge in [-0.25, -0.2) is 9.19 Å². The lowest BCUT2D eigenvalue weighted by Gasteiger charge is -2.10. The first-order valence-electron chi connectivity index (χ1n) is 8.73. The van der Waals surface area contributed by atoms with Crippen LogP contribution in [0.4, 0.5) is 17.5 Å². The molecule has 0 amide bonds. The van der Waals surface area contributed by atoms with Gasteiger partial charge in [-0.3, -0.25) is 0 Å². The molecule has 1 unspecified atom stereocenters. The molecule has 0 saturated heterocycles. The van der Waals surface area contributed by atoms with Crippen molar-refractivity contribution in [1.82, 2.24) is 9.97 Å². The van der Waals surface area contributed by atoms with Gasteiger partial charge < -0.3 is 15.4 Å². The van der Waals surface area contributed by atoms with Crippen molar-refractivity contribution in [3.63, 3.8) is 0 Å². The van der Waals surface area contributed by atoms with Gasteiger partial charge in [-0.05, 0) is 35.7 Å². The van der Waals surface area contributed by atoms with E-state index >= 15 is 0 Å². The average Bonchev–Trinajstić information content (AvgIpc) is 2.67. The van der Waals surface area contributed by atoms with Crippen LogP contribution >= 0.6 is 0 Å². The fourth-order valence-electron chi connectivity index (χ4n) is 2.61. The highest BCUT2D eigenvalue weighted by atomic mass is 32.2. The highest BCUT2D eigenvalue weighted by Crippen LogP contribution is 2.13. The highest BCUT2D eigenvalue weighted by molar-refractivity contribution is 7.85. The van der Waals surface area contributed by atoms with Crippen molar-refractivity contribution in [1.29, 1.82) is 0 Å². The SMILES string of the molecule is CS(=O)Nc1cccc(CNc2ccnc(NCCc3ccccc3)n2)c1. The Hall–Kier alpha value is -2.93. The molecule has 140 valence electrons. The molecule has 3 N–H and O–H groups in total. The molecule has 7 heteroatoms. The summed E-state index contributed by atoms with van der Waals surface area (Å²) in [7, 11) is -1.08. The van der Waals surface area contributed by atoms with Crippen molar-refractivity contribution >= 4 is 28.4 Å². The van der Waals surface area contributed by atoms with E-state index in [1.54, 1.807) is 12.5 Å². The van der Waals surface area contributed by atoms with Gasteiger partial charge in [0.15, 0.2) is 0 Å². The second-order valence-corrected chi connectivity index (χ2v) is 7.15. The predicted octanol–water partition coefficient (Wildman–Crippen LogP) is 3.45. The zero-order valence-electron chi connectivity index (χ0n) is 15.2. The van der Waals surface area contributed by atoms with E-state index in [0.29, 0.717) is 12.5 Å². The van der Waals surface area contributed by atoms with Crippen LogP contribution in [0.3, 0.4) is 0 Å². The molecule has 0 fully saturated rings. The first kappa shape index (κ1) is 18.8. The molecule has 3 aromatic rings. The minimum atomic E-state index is -1.08. The quantitative estimate of drug-likeness (QED) is 0.529. The minimum Gasteiger partial charge on any atom is -0.366 e. The number of rotatable bonds is 9. The Morgan fingerprint density at radius 2 is 1.78 bits per heavy atom. The minimum absolute atomic E-state index is 0.604. The normalized spacial score (nSPS) is 11.6. The fourth-order valence-corrected chi connectivity index (χ4v) is 3.07. The first-order valence-corrected chi connectivity index (χ1v) is 10.3. The third-order valence-electron chi connectivity index (χ3n) is 3.86. The smallest absolute Gasteiger partial charge is 0.224 e. The van der Waals surface area contributed by atoms with Crippen molar-refractivity contribution in [2.75, 3.05) is 28.2 Å². The molecule has 0 radical (unpaired) electrons. The van der Waals surface area contributed by atoms with Gasteiger partial charge in [-0.1, -0.05) is 42.5 Å². The summed E-state index contributed by atoms with van der Waals surface area (Å²) >= 11 is 0. The van der Waals surface area contributed by atoms with Crippen LogP contribution in [0, 0.1) is 0 Å². The van der Waals surface area contributed by atoms with Crippen LogP contribution in [0.2, 0.25) is 0 Å². The van der Waals surface area contributed by atoms with E-state index < -0.39 is 11.0 Å². The summed E-state index contributed by atoms with van der Waals surface area (Å²) in [5.74, 6) is 1.36. The second kappa shape index (κ2) is 9.68. The standard InChI is InChI=1S/C20H23N5OS/c1-27(26)25-18-9-5-8-17(14-18)15-23-19-11-13-22-20(24-19)21-12-10-16-6-3-2-4-7-16/h2-9,11,13-14,25H,10,12,15H2,1H3,(H2,21,22,23,24). The molecule has 0 spiro atoms. The molecule has 0 bridgehead atoms. The summed E-state index contributed by atoms with van der Waals surface area (Å²) < 4.78 is 14.2. The van der Waals surface area contributed by atoms with Gasteiger partial charge in [-0.2, -0.15) is 4.98 Å². The maximum absolute atomic E-state index is 11.3. The zero-order valence-corrected chi connectivity index (χ0v) is 16.0. The molecular formula is C20H23N5OS. The number of nitrogens with one attached hydrogen (secondary N) is 3. The van der Waals surface area contributed by atoms with Gasteiger partial charge in [0.25, 0.3) is 0 Å². The van der Waals surface area contributed by atoms with Crippen LogP contribution in [0.15, 0.2) is 66.9 Å². The van der Waals surface area contributed by atoms with E-state index in [4.69, 9.17) is 0 Å². The molecule has 0 aliphatic heterocycles. The summed E-state index contributed by atoms with van der Waals surface area (Å²) in [6.07, 6.45) is 4.26. The highest BCUT2D eigenvalue weighted by Gasteiger charge is 2.01. The van der Waals surface area contributed by atoms with E-state index in [9.17, 15) is 4.21 Å². The van der Waals surface area contributed by atoms with Gasteiger partial charge in [0.2, 0.25) is 5.95 Å². The maximum atomic E-state index is 11.3.